The summed E-state index contributed by atoms with van der Waals surface area (Å²) in [5.74, 6) is -0.384. The largest absolute Gasteiger partial charge is 0.497 e. The summed E-state index contributed by atoms with van der Waals surface area (Å²) in [5, 5.41) is 10.2. The maximum atomic E-state index is 13.5. The minimum Gasteiger partial charge on any atom is -0.497 e. The van der Waals surface area contributed by atoms with Crippen LogP contribution in [-0.2, 0) is 27.3 Å². The van der Waals surface area contributed by atoms with E-state index in [9.17, 15) is 18.0 Å². The van der Waals surface area contributed by atoms with Crippen LogP contribution in [0.4, 0.5) is 13.2 Å². The number of hydrogen-bond acceptors (Lipinski definition) is 6. The van der Waals surface area contributed by atoms with Crippen molar-refractivity contribution >= 4 is 17.3 Å². The van der Waals surface area contributed by atoms with Gasteiger partial charge < -0.3 is 19.7 Å². The molecule has 1 N–H and O–H groups in total. The topological polar surface area (TPSA) is 81.5 Å². The van der Waals surface area contributed by atoms with E-state index in [1.807, 2.05) is 0 Å². The lowest BCUT2D eigenvalue weighted by Crippen LogP contribution is -2.29. The maximum Gasteiger partial charge on any atom is 0.417 e. The van der Waals surface area contributed by atoms with Crippen LogP contribution in [0.2, 0.25) is 0 Å². The smallest absolute Gasteiger partial charge is 0.417 e. The molecule has 0 aliphatic heterocycles. The molecule has 32 heavy (non-hydrogen) atoms. The second kappa shape index (κ2) is 10.7. The molecule has 7 nitrogen and oxygen atoms in total. The number of carbonyl (C=O) groups is 1. The molecule has 0 atom stereocenters. The second-order valence-corrected chi connectivity index (χ2v) is 6.66. The second-order valence-electron chi connectivity index (χ2n) is 6.66. The summed E-state index contributed by atoms with van der Waals surface area (Å²) < 4.78 is 45.3. The van der Waals surface area contributed by atoms with Gasteiger partial charge in [-0.3, -0.25) is 4.79 Å². The highest BCUT2D eigenvalue weighted by Gasteiger charge is 2.34. The first-order valence-electron chi connectivity index (χ1n) is 9.48. The average Bonchev–Trinajstić information content (AvgIpc) is 2.77. The van der Waals surface area contributed by atoms with Crippen LogP contribution in [0.5, 0.6) is 5.75 Å². The maximum absolute atomic E-state index is 13.5. The number of hydrogen-bond donors (Lipinski definition) is 1. The average molecular weight is 451 g/mol. The Balaban J connectivity index is 2.37. The van der Waals surface area contributed by atoms with Gasteiger partial charge in [-0.05, 0) is 37.6 Å². The number of benzene rings is 2. The number of aryl methyl sites for hydroxylation is 1. The van der Waals surface area contributed by atoms with Crippen molar-refractivity contribution in [2.75, 3.05) is 21.3 Å². The van der Waals surface area contributed by atoms with Gasteiger partial charge >= 0.3 is 6.18 Å². The van der Waals surface area contributed by atoms with Crippen molar-refractivity contribution in [2.24, 2.45) is 10.3 Å². The normalized spacial score (nSPS) is 12.4. The van der Waals surface area contributed by atoms with Gasteiger partial charge in [0.25, 0.3) is 5.91 Å². The van der Waals surface area contributed by atoms with Gasteiger partial charge in [0.1, 0.15) is 19.5 Å². The van der Waals surface area contributed by atoms with E-state index in [0.717, 1.165) is 11.6 Å². The minimum absolute atomic E-state index is 0.0344. The van der Waals surface area contributed by atoms with Crippen LogP contribution in [0, 0.1) is 6.92 Å². The number of likely N-dealkylation sites (N-methyl/N-ethyl adjacent to an activating group) is 1. The SMILES string of the molecule is CNC(=O)/C(=N/OC)c1cccc(C)c1CO/N=C(\C)c1ccc(OC)cc1C(F)(F)F. The molecule has 0 heterocycles. The molecule has 2 aromatic carbocycles. The number of halogens is 3. The number of ether oxygens (including phenoxy) is 1. The van der Waals surface area contributed by atoms with Gasteiger partial charge in [0.15, 0.2) is 5.71 Å². The summed E-state index contributed by atoms with van der Waals surface area (Å²) in [4.78, 5) is 22.4. The number of amides is 1. The van der Waals surface area contributed by atoms with Crippen LogP contribution < -0.4 is 10.1 Å². The summed E-state index contributed by atoms with van der Waals surface area (Å²) in [5.41, 5.74) is 0.889. The molecule has 0 radical (unpaired) electrons. The summed E-state index contributed by atoms with van der Waals surface area (Å²) in [6, 6.07) is 8.81. The summed E-state index contributed by atoms with van der Waals surface area (Å²) in [7, 11) is 4.06. The lowest BCUT2D eigenvalue weighted by Gasteiger charge is -2.15. The van der Waals surface area contributed by atoms with Crippen molar-refractivity contribution in [3.05, 3.63) is 64.2 Å². The zero-order valence-corrected chi connectivity index (χ0v) is 18.3. The lowest BCUT2D eigenvalue weighted by atomic mass is 9.98. The fraction of sp³-hybridized carbons (Fsp3) is 0.318. The van der Waals surface area contributed by atoms with Crippen molar-refractivity contribution < 1.29 is 32.4 Å². The van der Waals surface area contributed by atoms with Crippen molar-refractivity contribution in [3.63, 3.8) is 0 Å². The van der Waals surface area contributed by atoms with E-state index in [2.05, 4.69) is 15.6 Å². The molecule has 0 aromatic heterocycles. The van der Waals surface area contributed by atoms with Gasteiger partial charge in [-0.1, -0.05) is 28.5 Å². The number of nitrogens with zero attached hydrogens (tertiary/aromatic N) is 2. The molecule has 10 heteroatoms. The van der Waals surface area contributed by atoms with E-state index in [1.165, 1.54) is 40.3 Å². The molecule has 2 rings (SSSR count). The number of oxime groups is 2. The van der Waals surface area contributed by atoms with Gasteiger partial charge in [-0.15, -0.1) is 0 Å². The number of nitrogens with one attached hydrogen (secondary N) is 1. The van der Waals surface area contributed by atoms with Crippen LogP contribution in [-0.4, -0.2) is 38.6 Å². The Bertz CT molecular complexity index is 1030. The Morgan fingerprint density at radius 2 is 1.81 bits per heavy atom. The van der Waals surface area contributed by atoms with E-state index in [4.69, 9.17) is 14.4 Å². The highest BCUT2D eigenvalue weighted by Crippen LogP contribution is 2.34. The molecule has 0 unspecified atom stereocenters. The molecule has 1 amide bonds. The van der Waals surface area contributed by atoms with Gasteiger partial charge in [0.2, 0.25) is 0 Å². The molecule has 0 fully saturated rings. The third-order valence-corrected chi connectivity index (χ3v) is 4.62. The monoisotopic (exact) mass is 451 g/mol. The molecule has 0 saturated heterocycles. The predicted octanol–water partition coefficient (Wildman–Crippen LogP) is 4.06. The number of alkyl halides is 3. The first-order valence-corrected chi connectivity index (χ1v) is 9.48. The Hall–Kier alpha value is -3.56. The Kier molecular flexibility index (Phi) is 8.22. The number of carbonyl (C=O) groups excluding carboxylic acids is 1. The summed E-state index contributed by atoms with van der Waals surface area (Å²) in [6.45, 7) is 3.12. The predicted molar refractivity (Wildman–Crippen MR) is 114 cm³/mol. The first kappa shape index (κ1) is 24.7. The third kappa shape index (κ3) is 5.77. The number of methoxy groups -OCH3 is 1. The fourth-order valence-electron chi connectivity index (χ4n) is 2.98. The fourth-order valence-corrected chi connectivity index (χ4v) is 2.98. The van der Waals surface area contributed by atoms with Crippen LogP contribution in [0.15, 0.2) is 46.7 Å². The van der Waals surface area contributed by atoms with E-state index < -0.39 is 17.6 Å². The zero-order valence-electron chi connectivity index (χ0n) is 18.3. The van der Waals surface area contributed by atoms with E-state index in [1.54, 1.807) is 25.1 Å². The van der Waals surface area contributed by atoms with E-state index in [0.29, 0.717) is 11.1 Å². The van der Waals surface area contributed by atoms with Crippen LogP contribution in [0.3, 0.4) is 0 Å². The van der Waals surface area contributed by atoms with Crippen LogP contribution in [0.1, 0.15) is 34.7 Å². The quantitative estimate of drug-likeness (QED) is 0.485. The molecule has 0 aliphatic carbocycles. The van der Waals surface area contributed by atoms with Gasteiger partial charge in [0.05, 0.1) is 18.4 Å². The molecular weight excluding hydrogens is 427 g/mol. The summed E-state index contributed by atoms with van der Waals surface area (Å²) in [6.07, 6.45) is -4.59. The third-order valence-electron chi connectivity index (χ3n) is 4.62. The van der Waals surface area contributed by atoms with Gasteiger partial charge in [-0.2, -0.15) is 13.2 Å². The molecular formula is C22H24F3N3O4. The van der Waals surface area contributed by atoms with Crippen LogP contribution in [0.25, 0.3) is 0 Å². The number of rotatable bonds is 8. The van der Waals surface area contributed by atoms with Gasteiger partial charge in [0, 0.05) is 23.7 Å². The molecule has 0 spiro atoms. The Morgan fingerprint density at radius 1 is 1.09 bits per heavy atom. The highest BCUT2D eigenvalue weighted by molar-refractivity contribution is 6.45. The van der Waals surface area contributed by atoms with Crippen molar-refractivity contribution in [1.82, 2.24) is 5.32 Å². The summed E-state index contributed by atoms with van der Waals surface area (Å²) >= 11 is 0. The highest BCUT2D eigenvalue weighted by atomic mass is 19.4. The minimum atomic E-state index is -4.59. The van der Waals surface area contributed by atoms with Crippen molar-refractivity contribution in [2.45, 2.75) is 26.6 Å². The first-order chi connectivity index (χ1) is 15.1. The Morgan fingerprint density at radius 3 is 2.41 bits per heavy atom. The van der Waals surface area contributed by atoms with E-state index >= 15 is 0 Å². The van der Waals surface area contributed by atoms with E-state index in [-0.39, 0.29) is 29.3 Å². The molecule has 172 valence electrons. The van der Waals surface area contributed by atoms with Crippen molar-refractivity contribution in [1.29, 1.82) is 0 Å². The van der Waals surface area contributed by atoms with Gasteiger partial charge in [-0.25, -0.2) is 0 Å². The molecule has 0 saturated carbocycles. The molecule has 0 aliphatic rings. The molecule has 0 bridgehead atoms. The standard InChI is InChI=1S/C22H24F3N3O4/c1-13-7-6-8-17(20(28-31-5)21(29)26-3)18(13)12-32-27-14(2)16-10-9-15(30-4)11-19(16)22(23,24)25/h6-11H,12H2,1-5H3,(H,26,29)/b27-14+,28-20+. The van der Waals surface area contributed by atoms with Crippen LogP contribution >= 0.6 is 0 Å². The van der Waals surface area contributed by atoms with Crippen molar-refractivity contribution in [3.8, 4) is 5.75 Å². The molecule has 2 aromatic rings. The zero-order chi connectivity index (χ0) is 23.9. The lowest BCUT2D eigenvalue weighted by molar-refractivity contribution is -0.137. The Labute approximate surface area is 183 Å².